The normalized spacial score (nSPS) is 12.9. The minimum Gasteiger partial charge on any atom is -0.337 e. The monoisotopic (exact) mass is 523 g/mol. The van der Waals surface area contributed by atoms with Gasteiger partial charge in [0.25, 0.3) is 5.91 Å². The van der Waals surface area contributed by atoms with Gasteiger partial charge in [0.15, 0.2) is 0 Å². The summed E-state index contributed by atoms with van der Waals surface area (Å²) in [7, 11) is 0. The Hall–Kier alpha value is -3.81. The number of benzene rings is 3. The average Bonchev–Trinajstić information content (AvgIpc) is 3.49. The molecule has 5 aromatic rings. The van der Waals surface area contributed by atoms with Crippen molar-refractivity contribution in [2.24, 2.45) is 0 Å². The summed E-state index contributed by atoms with van der Waals surface area (Å²) >= 11 is 3.20. The van der Waals surface area contributed by atoms with Gasteiger partial charge >= 0.3 is 0 Å². The van der Waals surface area contributed by atoms with Crippen LogP contribution in [0, 0.1) is 0 Å². The zero-order chi connectivity index (χ0) is 25.4. The Morgan fingerprint density at radius 3 is 2.41 bits per heavy atom. The summed E-state index contributed by atoms with van der Waals surface area (Å²) in [6.45, 7) is 2.85. The number of fused-ring (bicyclic) bond motifs is 2. The van der Waals surface area contributed by atoms with Crippen molar-refractivity contribution in [3.8, 4) is 10.6 Å². The lowest BCUT2D eigenvalue weighted by Gasteiger charge is -2.26. The third-order valence-electron chi connectivity index (χ3n) is 6.70. The van der Waals surface area contributed by atoms with Crippen molar-refractivity contribution in [1.29, 1.82) is 0 Å². The Bertz CT molecular complexity index is 1570. The third kappa shape index (κ3) is 4.80. The van der Waals surface area contributed by atoms with Gasteiger partial charge in [0.1, 0.15) is 10.0 Å². The smallest absolute Gasteiger partial charge is 0.256 e. The molecule has 7 heteroatoms. The van der Waals surface area contributed by atoms with Crippen LogP contribution in [0.15, 0.2) is 78.9 Å². The van der Waals surface area contributed by atoms with Crippen molar-refractivity contribution in [2.75, 3.05) is 11.9 Å². The topological polar surface area (TPSA) is 62.3 Å². The number of nitrogens with one attached hydrogen (secondary N) is 1. The number of thiazole rings is 1. The number of anilines is 1. The van der Waals surface area contributed by atoms with Gasteiger partial charge in [0, 0.05) is 29.5 Å². The average molecular weight is 524 g/mol. The summed E-state index contributed by atoms with van der Waals surface area (Å²) in [6.07, 6.45) is 1.58. The van der Waals surface area contributed by atoms with Gasteiger partial charge in [-0.15, -0.1) is 22.7 Å². The predicted octanol–water partition coefficient (Wildman–Crippen LogP) is 6.77. The fourth-order valence-corrected chi connectivity index (χ4v) is 7.12. The van der Waals surface area contributed by atoms with Crippen LogP contribution in [-0.2, 0) is 24.2 Å². The van der Waals surface area contributed by atoms with Crippen molar-refractivity contribution in [2.45, 2.75) is 26.3 Å². The van der Waals surface area contributed by atoms with Gasteiger partial charge in [0.05, 0.1) is 16.8 Å². The lowest BCUT2D eigenvalue weighted by Crippen LogP contribution is -2.33. The van der Waals surface area contributed by atoms with Crippen molar-refractivity contribution in [3.05, 3.63) is 106 Å². The van der Waals surface area contributed by atoms with Crippen LogP contribution in [0.2, 0.25) is 0 Å². The molecular weight excluding hydrogens is 498 g/mol. The number of aromatic nitrogens is 1. The number of nitrogens with zero attached hydrogens (tertiary/aromatic N) is 2. The molecule has 2 aromatic heterocycles. The fourth-order valence-electron chi connectivity index (χ4n) is 4.75. The first kappa shape index (κ1) is 23.6. The Kier molecular flexibility index (Phi) is 6.32. The molecule has 6 rings (SSSR count). The quantitative estimate of drug-likeness (QED) is 0.276. The Morgan fingerprint density at radius 1 is 0.919 bits per heavy atom. The first-order valence-corrected chi connectivity index (χ1v) is 13.9. The van der Waals surface area contributed by atoms with Crippen molar-refractivity contribution >= 4 is 49.7 Å². The maximum atomic E-state index is 13.3. The Labute approximate surface area is 223 Å². The first-order valence-electron chi connectivity index (χ1n) is 12.3. The molecule has 1 aliphatic heterocycles. The SMILES string of the molecule is CC(=O)N1CCc2c(sc(NC(=O)c3ccc(Cc4ccccc4)cc3)c2-c2nc3ccccc3s2)C1. The summed E-state index contributed by atoms with van der Waals surface area (Å²) in [6, 6.07) is 26.2. The van der Waals surface area contributed by atoms with E-state index in [0.29, 0.717) is 18.7 Å². The molecule has 1 N–H and O–H groups in total. The van der Waals surface area contributed by atoms with E-state index < -0.39 is 0 Å². The molecule has 0 saturated heterocycles. The summed E-state index contributed by atoms with van der Waals surface area (Å²) in [5, 5.41) is 4.89. The molecule has 37 heavy (non-hydrogen) atoms. The molecule has 2 amide bonds. The van der Waals surface area contributed by atoms with Gasteiger partial charge < -0.3 is 10.2 Å². The highest BCUT2D eigenvalue weighted by Crippen LogP contribution is 2.45. The summed E-state index contributed by atoms with van der Waals surface area (Å²) in [5.74, 6) is -0.0718. The molecular formula is C30H25N3O2S2. The molecule has 0 atom stereocenters. The predicted molar refractivity (Wildman–Crippen MR) is 151 cm³/mol. The standard InChI is InChI=1S/C30H25N3O2S2/c1-19(34)33-16-15-23-26(18-33)37-30(27(23)29-31-24-9-5-6-10-25(24)36-29)32-28(35)22-13-11-21(12-14-22)17-20-7-3-2-4-8-20/h2-14H,15-18H2,1H3,(H,32,35). The van der Waals surface area contributed by atoms with Crippen LogP contribution in [0.25, 0.3) is 20.8 Å². The summed E-state index contributed by atoms with van der Waals surface area (Å²) in [5.41, 5.74) is 6.16. The number of thiophene rings is 1. The molecule has 0 fully saturated rings. The van der Waals surface area contributed by atoms with Crippen LogP contribution in [0.5, 0.6) is 0 Å². The maximum absolute atomic E-state index is 13.3. The van der Waals surface area contributed by atoms with E-state index in [-0.39, 0.29) is 11.8 Å². The largest absolute Gasteiger partial charge is 0.337 e. The van der Waals surface area contributed by atoms with Crippen LogP contribution < -0.4 is 5.32 Å². The van der Waals surface area contributed by atoms with E-state index in [0.717, 1.165) is 49.1 Å². The second-order valence-corrected chi connectivity index (χ2v) is 11.3. The Balaban J connectivity index is 1.31. The van der Waals surface area contributed by atoms with E-state index >= 15 is 0 Å². The number of carbonyl (C=O) groups excluding carboxylic acids is 2. The molecule has 3 aromatic carbocycles. The van der Waals surface area contributed by atoms with E-state index in [1.165, 1.54) is 11.1 Å². The molecule has 5 nitrogen and oxygen atoms in total. The van der Waals surface area contributed by atoms with E-state index in [9.17, 15) is 9.59 Å². The molecule has 0 aliphatic carbocycles. The molecule has 0 saturated carbocycles. The lowest BCUT2D eigenvalue weighted by atomic mass is 10.0. The lowest BCUT2D eigenvalue weighted by molar-refractivity contribution is -0.129. The van der Waals surface area contributed by atoms with Gasteiger partial charge in [-0.05, 0) is 53.8 Å². The highest BCUT2D eigenvalue weighted by molar-refractivity contribution is 7.23. The van der Waals surface area contributed by atoms with Crippen LogP contribution >= 0.6 is 22.7 Å². The number of carbonyl (C=O) groups is 2. The molecule has 0 bridgehead atoms. The van der Waals surface area contributed by atoms with Gasteiger partial charge in [-0.3, -0.25) is 9.59 Å². The van der Waals surface area contributed by atoms with E-state index in [4.69, 9.17) is 4.98 Å². The second-order valence-electron chi connectivity index (χ2n) is 9.20. The second kappa shape index (κ2) is 9.92. The zero-order valence-corrected chi connectivity index (χ0v) is 22.0. The van der Waals surface area contributed by atoms with Crippen molar-refractivity contribution < 1.29 is 9.59 Å². The van der Waals surface area contributed by atoms with E-state index in [1.54, 1.807) is 29.6 Å². The molecule has 0 spiro atoms. The van der Waals surface area contributed by atoms with Gasteiger partial charge in [0.2, 0.25) is 5.91 Å². The highest BCUT2D eigenvalue weighted by Gasteiger charge is 2.28. The molecule has 3 heterocycles. The van der Waals surface area contributed by atoms with Gasteiger partial charge in [-0.1, -0.05) is 54.6 Å². The van der Waals surface area contributed by atoms with Crippen LogP contribution in [0.3, 0.4) is 0 Å². The van der Waals surface area contributed by atoms with Crippen LogP contribution in [0.4, 0.5) is 5.00 Å². The number of hydrogen-bond acceptors (Lipinski definition) is 5. The minimum absolute atomic E-state index is 0.0711. The van der Waals surface area contributed by atoms with Crippen LogP contribution in [0.1, 0.15) is 38.8 Å². The highest BCUT2D eigenvalue weighted by atomic mass is 32.1. The number of rotatable bonds is 5. The number of hydrogen-bond donors (Lipinski definition) is 1. The molecule has 0 unspecified atom stereocenters. The van der Waals surface area contributed by atoms with E-state index in [1.807, 2.05) is 65.6 Å². The summed E-state index contributed by atoms with van der Waals surface area (Å²) < 4.78 is 1.12. The molecule has 0 radical (unpaired) electrons. The molecule has 184 valence electrons. The van der Waals surface area contributed by atoms with Crippen LogP contribution in [-0.4, -0.2) is 28.2 Å². The number of amides is 2. The van der Waals surface area contributed by atoms with E-state index in [2.05, 4.69) is 23.5 Å². The zero-order valence-electron chi connectivity index (χ0n) is 20.4. The Morgan fingerprint density at radius 2 is 1.65 bits per heavy atom. The fraction of sp³-hybridized carbons (Fsp3) is 0.167. The van der Waals surface area contributed by atoms with Crippen molar-refractivity contribution in [1.82, 2.24) is 9.88 Å². The minimum atomic E-state index is -0.143. The first-order chi connectivity index (χ1) is 18.0. The van der Waals surface area contributed by atoms with Gasteiger partial charge in [-0.2, -0.15) is 0 Å². The summed E-state index contributed by atoms with van der Waals surface area (Å²) in [4.78, 5) is 33.3. The van der Waals surface area contributed by atoms with Gasteiger partial charge in [-0.25, -0.2) is 4.98 Å². The third-order valence-corrected chi connectivity index (χ3v) is 8.89. The maximum Gasteiger partial charge on any atom is 0.256 e. The molecule has 1 aliphatic rings. The van der Waals surface area contributed by atoms with Crippen molar-refractivity contribution in [3.63, 3.8) is 0 Å². The number of para-hydroxylation sites is 1.